The zero-order valence-electron chi connectivity index (χ0n) is 8.42. The van der Waals surface area contributed by atoms with Gasteiger partial charge in [0.15, 0.2) is 0 Å². The molecule has 0 unspecified atom stereocenters. The van der Waals surface area contributed by atoms with Crippen LogP contribution in [0.5, 0.6) is 0 Å². The van der Waals surface area contributed by atoms with Crippen LogP contribution in [0, 0.1) is 23.7 Å². The summed E-state index contributed by atoms with van der Waals surface area (Å²) in [5.74, 6) is 7.44. The molecule has 0 spiro atoms. The molecule has 1 amide bonds. The number of likely N-dealkylation sites (tertiary alicyclic amines) is 1. The number of nitrogens with zero attached hydrogens (tertiary/aromatic N) is 1. The molecule has 1 heterocycles. The van der Waals surface area contributed by atoms with Crippen LogP contribution in [0.1, 0.15) is 26.7 Å². The van der Waals surface area contributed by atoms with Gasteiger partial charge in [0.25, 0.3) is 0 Å². The van der Waals surface area contributed by atoms with Gasteiger partial charge in [0.1, 0.15) is 0 Å². The van der Waals surface area contributed by atoms with E-state index in [0.29, 0.717) is 11.8 Å². The lowest BCUT2D eigenvalue weighted by atomic mass is 9.97. The number of carbonyl (C=O) groups is 1. The Kier molecular flexibility index (Phi) is 3.82. The Hall–Kier alpha value is -0.970. The molecule has 1 fully saturated rings. The molecular weight excluding hydrogens is 162 g/mol. The molecule has 13 heavy (non-hydrogen) atoms. The van der Waals surface area contributed by atoms with Crippen LogP contribution in [0.15, 0.2) is 0 Å². The average Bonchev–Trinajstić information content (AvgIpc) is 2.15. The second kappa shape index (κ2) is 4.91. The van der Waals surface area contributed by atoms with Crippen LogP contribution >= 0.6 is 0 Å². The van der Waals surface area contributed by atoms with Crippen molar-refractivity contribution in [3.05, 3.63) is 0 Å². The summed E-state index contributed by atoms with van der Waals surface area (Å²) in [6.07, 6.45) is 3.02. The van der Waals surface area contributed by atoms with Crippen molar-refractivity contribution in [1.82, 2.24) is 4.90 Å². The van der Waals surface area contributed by atoms with Crippen molar-refractivity contribution in [2.45, 2.75) is 26.7 Å². The highest BCUT2D eigenvalue weighted by molar-refractivity contribution is 5.47. The molecule has 0 N–H and O–H groups in total. The zero-order valence-corrected chi connectivity index (χ0v) is 8.42. The van der Waals surface area contributed by atoms with E-state index in [9.17, 15) is 4.79 Å². The molecule has 1 aliphatic heterocycles. The second-order valence-electron chi connectivity index (χ2n) is 3.86. The molecule has 1 rings (SSSR count). The molecule has 0 aromatic rings. The van der Waals surface area contributed by atoms with E-state index >= 15 is 0 Å². The van der Waals surface area contributed by atoms with E-state index in [1.807, 2.05) is 4.90 Å². The fourth-order valence-electron chi connectivity index (χ4n) is 1.43. The normalized spacial score (nSPS) is 18.2. The van der Waals surface area contributed by atoms with Gasteiger partial charge in [-0.2, -0.15) is 0 Å². The SMILES string of the molecule is CC(C)C#CC1CCN(C=O)CC1. The van der Waals surface area contributed by atoms with Gasteiger partial charge < -0.3 is 4.90 Å². The van der Waals surface area contributed by atoms with Crippen LogP contribution in [0.2, 0.25) is 0 Å². The third-order valence-electron chi connectivity index (χ3n) is 2.25. The molecule has 0 radical (unpaired) electrons. The van der Waals surface area contributed by atoms with Crippen molar-refractivity contribution in [2.75, 3.05) is 13.1 Å². The molecule has 0 aliphatic carbocycles. The number of amides is 1. The summed E-state index contributed by atoms with van der Waals surface area (Å²) in [5, 5.41) is 0. The van der Waals surface area contributed by atoms with E-state index in [0.717, 1.165) is 32.3 Å². The van der Waals surface area contributed by atoms with Crippen LogP contribution in [0.4, 0.5) is 0 Å². The molecule has 0 aromatic heterocycles. The lowest BCUT2D eigenvalue weighted by Crippen LogP contribution is -2.31. The predicted molar refractivity (Wildman–Crippen MR) is 53.0 cm³/mol. The molecule has 1 saturated heterocycles. The van der Waals surface area contributed by atoms with Crippen molar-refractivity contribution in [1.29, 1.82) is 0 Å². The highest BCUT2D eigenvalue weighted by atomic mass is 16.1. The molecular formula is C11H17NO. The maximum absolute atomic E-state index is 10.4. The maximum Gasteiger partial charge on any atom is 0.209 e. The Balaban J connectivity index is 2.34. The van der Waals surface area contributed by atoms with Gasteiger partial charge in [0.05, 0.1) is 0 Å². The lowest BCUT2D eigenvalue weighted by molar-refractivity contribution is -0.119. The van der Waals surface area contributed by atoms with Crippen LogP contribution in [-0.4, -0.2) is 24.4 Å². The van der Waals surface area contributed by atoms with E-state index < -0.39 is 0 Å². The van der Waals surface area contributed by atoms with Gasteiger partial charge in [-0.15, -0.1) is 5.92 Å². The van der Waals surface area contributed by atoms with Crippen molar-refractivity contribution in [2.24, 2.45) is 11.8 Å². The van der Waals surface area contributed by atoms with E-state index in [2.05, 4.69) is 25.7 Å². The first kappa shape index (κ1) is 10.1. The van der Waals surface area contributed by atoms with Crippen LogP contribution < -0.4 is 0 Å². The van der Waals surface area contributed by atoms with Crippen molar-refractivity contribution >= 4 is 6.41 Å². The highest BCUT2D eigenvalue weighted by Crippen LogP contribution is 2.14. The lowest BCUT2D eigenvalue weighted by Gasteiger charge is -2.26. The van der Waals surface area contributed by atoms with Gasteiger partial charge in [-0.1, -0.05) is 19.8 Å². The standard InChI is InChI=1S/C11H17NO/c1-10(2)3-4-11-5-7-12(9-13)8-6-11/h9-11H,5-8H2,1-2H3. The first-order valence-corrected chi connectivity index (χ1v) is 4.92. The molecule has 2 nitrogen and oxygen atoms in total. The number of carbonyl (C=O) groups excluding carboxylic acids is 1. The van der Waals surface area contributed by atoms with E-state index in [1.165, 1.54) is 0 Å². The van der Waals surface area contributed by atoms with Gasteiger partial charge in [-0.05, 0) is 12.8 Å². The minimum Gasteiger partial charge on any atom is -0.345 e. The minimum atomic E-state index is 0.462. The zero-order chi connectivity index (χ0) is 9.68. The first-order chi connectivity index (χ1) is 6.22. The average molecular weight is 179 g/mol. The minimum absolute atomic E-state index is 0.462. The van der Waals surface area contributed by atoms with Crippen molar-refractivity contribution in [3.63, 3.8) is 0 Å². The molecule has 2 heteroatoms. The predicted octanol–water partition coefficient (Wildman–Crippen LogP) is 1.51. The number of hydrogen-bond donors (Lipinski definition) is 0. The Labute approximate surface area is 80.3 Å². The molecule has 0 saturated carbocycles. The Bertz CT molecular complexity index is 216. The summed E-state index contributed by atoms with van der Waals surface area (Å²) >= 11 is 0. The summed E-state index contributed by atoms with van der Waals surface area (Å²) in [5.41, 5.74) is 0. The topological polar surface area (TPSA) is 20.3 Å². The Morgan fingerprint density at radius 3 is 2.46 bits per heavy atom. The molecule has 72 valence electrons. The van der Waals surface area contributed by atoms with Crippen LogP contribution in [-0.2, 0) is 4.79 Å². The summed E-state index contributed by atoms with van der Waals surface area (Å²) < 4.78 is 0. The van der Waals surface area contributed by atoms with Gasteiger partial charge in [-0.3, -0.25) is 4.79 Å². The number of hydrogen-bond acceptors (Lipinski definition) is 1. The Morgan fingerprint density at radius 2 is 2.00 bits per heavy atom. The third-order valence-corrected chi connectivity index (χ3v) is 2.25. The van der Waals surface area contributed by atoms with Crippen LogP contribution in [0.3, 0.4) is 0 Å². The van der Waals surface area contributed by atoms with E-state index in [4.69, 9.17) is 0 Å². The molecule has 1 aliphatic rings. The molecule has 0 aromatic carbocycles. The fourth-order valence-corrected chi connectivity index (χ4v) is 1.43. The summed E-state index contributed by atoms with van der Waals surface area (Å²) in [6, 6.07) is 0. The molecule has 0 bridgehead atoms. The van der Waals surface area contributed by atoms with Gasteiger partial charge in [0.2, 0.25) is 6.41 Å². The quantitative estimate of drug-likeness (QED) is 0.441. The first-order valence-electron chi connectivity index (χ1n) is 4.92. The fraction of sp³-hybridized carbons (Fsp3) is 0.727. The largest absolute Gasteiger partial charge is 0.345 e. The number of rotatable bonds is 1. The van der Waals surface area contributed by atoms with Crippen molar-refractivity contribution in [3.8, 4) is 11.8 Å². The monoisotopic (exact) mass is 179 g/mol. The van der Waals surface area contributed by atoms with Gasteiger partial charge >= 0.3 is 0 Å². The summed E-state index contributed by atoms with van der Waals surface area (Å²) in [7, 11) is 0. The van der Waals surface area contributed by atoms with E-state index in [1.54, 1.807) is 0 Å². The smallest absolute Gasteiger partial charge is 0.209 e. The van der Waals surface area contributed by atoms with Gasteiger partial charge in [0, 0.05) is 24.9 Å². The highest BCUT2D eigenvalue weighted by Gasteiger charge is 2.15. The van der Waals surface area contributed by atoms with E-state index in [-0.39, 0.29) is 0 Å². The second-order valence-corrected chi connectivity index (χ2v) is 3.86. The summed E-state index contributed by atoms with van der Waals surface area (Å²) in [4.78, 5) is 12.2. The van der Waals surface area contributed by atoms with Gasteiger partial charge in [-0.25, -0.2) is 0 Å². The van der Waals surface area contributed by atoms with Crippen LogP contribution in [0.25, 0.3) is 0 Å². The van der Waals surface area contributed by atoms with Crippen molar-refractivity contribution < 1.29 is 4.79 Å². The maximum atomic E-state index is 10.4. The molecule has 0 atom stereocenters. The summed E-state index contributed by atoms with van der Waals surface area (Å²) in [6.45, 7) is 5.96. The third kappa shape index (κ3) is 3.50. The number of piperidine rings is 1. The Morgan fingerprint density at radius 1 is 1.38 bits per heavy atom.